The quantitative estimate of drug-likeness (QED) is 0.646. The molecule has 2 atom stereocenters. The summed E-state index contributed by atoms with van der Waals surface area (Å²) in [6.45, 7) is 10.6. The zero-order valence-electron chi connectivity index (χ0n) is 8.67. The van der Waals surface area contributed by atoms with Gasteiger partial charge in [-0.3, -0.25) is 0 Å². The van der Waals surface area contributed by atoms with Gasteiger partial charge in [-0.2, -0.15) is 0 Å². The summed E-state index contributed by atoms with van der Waals surface area (Å²) in [5, 5.41) is 9.92. The average Bonchev–Trinajstić information content (AvgIpc) is 1.94. The zero-order valence-corrected chi connectivity index (χ0v) is 8.67. The Bertz CT molecular complexity index is 154. The van der Waals surface area contributed by atoms with Crippen molar-refractivity contribution in [2.75, 3.05) is 13.1 Å². The summed E-state index contributed by atoms with van der Waals surface area (Å²) < 4.78 is 0. The van der Waals surface area contributed by atoms with Gasteiger partial charge >= 0.3 is 0 Å². The van der Waals surface area contributed by atoms with Gasteiger partial charge in [0.1, 0.15) is 0 Å². The van der Waals surface area contributed by atoms with Gasteiger partial charge in [0.25, 0.3) is 0 Å². The van der Waals surface area contributed by atoms with E-state index in [1.807, 2.05) is 6.92 Å². The molecular formula is C10H21NO. The van der Waals surface area contributed by atoms with Gasteiger partial charge in [-0.05, 0) is 33.1 Å². The molecule has 12 heavy (non-hydrogen) atoms. The fourth-order valence-electron chi connectivity index (χ4n) is 1.73. The molecule has 72 valence electrons. The minimum Gasteiger partial charge on any atom is -0.390 e. The summed E-state index contributed by atoms with van der Waals surface area (Å²) in [4.78, 5) is 2.43. The summed E-state index contributed by atoms with van der Waals surface area (Å²) >= 11 is 0. The van der Waals surface area contributed by atoms with Gasteiger partial charge in [0, 0.05) is 19.1 Å². The van der Waals surface area contributed by atoms with Crippen molar-refractivity contribution in [1.82, 2.24) is 4.90 Å². The van der Waals surface area contributed by atoms with E-state index in [1.54, 1.807) is 0 Å². The van der Waals surface area contributed by atoms with Crippen LogP contribution in [0.5, 0.6) is 0 Å². The minimum atomic E-state index is -0.439. The van der Waals surface area contributed by atoms with E-state index in [0.29, 0.717) is 12.0 Å². The normalized spacial score (nSPS) is 39.0. The maximum Gasteiger partial charge on any atom is 0.0669 e. The summed E-state index contributed by atoms with van der Waals surface area (Å²) in [6, 6.07) is 0.614. The van der Waals surface area contributed by atoms with E-state index in [4.69, 9.17) is 0 Å². The molecule has 1 fully saturated rings. The van der Waals surface area contributed by atoms with Crippen molar-refractivity contribution in [1.29, 1.82) is 0 Å². The molecule has 1 heterocycles. The molecule has 0 spiro atoms. The third kappa shape index (κ3) is 1.99. The number of rotatable bonds is 1. The first kappa shape index (κ1) is 10.0. The van der Waals surface area contributed by atoms with Crippen molar-refractivity contribution in [3.05, 3.63) is 0 Å². The van der Waals surface area contributed by atoms with Crippen LogP contribution in [0, 0.1) is 5.92 Å². The average molecular weight is 171 g/mol. The topological polar surface area (TPSA) is 23.5 Å². The van der Waals surface area contributed by atoms with Gasteiger partial charge in [-0.15, -0.1) is 0 Å². The monoisotopic (exact) mass is 171 g/mol. The van der Waals surface area contributed by atoms with Gasteiger partial charge < -0.3 is 10.0 Å². The number of piperidine rings is 1. The highest BCUT2D eigenvalue weighted by Crippen LogP contribution is 2.27. The molecule has 2 nitrogen and oxygen atoms in total. The molecule has 1 aliphatic rings. The summed E-state index contributed by atoms with van der Waals surface area (Å²) in [7, 11) is 0. The molecule has 0 saturated carbocycles. The molecule has 0 bridgehead atoms. The van der Waals surface area contributed by atoms with Gasteiger partial charge in [0.15, 0.2) is 0 Å². The Hall–Kier alpha value is -0.0800. The Labute approximate surface area is 75.6 Å². The van der Waals surface area contributed by atoms with E-state index in [1.165, 1.54) is 0 Å². The van der Waals surface area contributed by atoms with Gasteiger partial charge in [-0.1, -0.05) is 6.92 Å². The fraction of sp³-hybridized carbons (Fsp3) is 1.00. The van der Waals surface area contributed by atoms with Crippen LogP contribution in [0.25, 0.3) is 0 Å². The molecule has 0 aromatic rings. The van der Waals surface area contributed by atoms with E-state index >= 15 is 0 Å². The fourth-order valence-corrected chi connectivity index (χ4v) is 1.73. The first-order valence-electron chi connectivity index (χ1n) is 4.90. The van der Waals surface area contributed by atoms with Crippen LogP contribution in [-0.2, 0) is 0 Å². The first-order valence-corrected chi connectivity index (χ1v) is 4.90. The lowest BCUT2D eigenvalue weighted by Gasteiger charge is -2.42. The van der Waals surface area contributed by atoms with Crippen LogP contribution >= 0.6 is 0 Å². The predicted molar refractivity (Wildman–Crippen MR) is 51.1 cm³/mol. The third-order valence-electron chi connectivity index (χ3n) is 3.21. The summed E-state index contributed by atoms with van der Waals surface area (Å²) in [5.41, 5.74) is -0.439. The second-order valence-corrected chi connectivity index (χ2v) is 4.60. The SMILES string of the molecule is CC(C)N1CC[C@](C)(O)[C@H](C)C1. The van der Waals surface area contributed by atoms with E-state index < -0.39 is 5.60 Å². The van der Waals surface area contributed by atoms with Crippen molar-refractivity contribution in [3.8, 4) is 0 Å². The van der Waals surface area contributed by atoms with Crippen LogP contribution < -0.4 is 0 Å². The van der Waals surface area contributed by atoms with Crippen molar-refractivity contribution >= 4 is 0 Å². The highest BCUT2D eigenvalue weighted by molar-refractivity contribution is 4.88. The molecule has 1 N–H and O–H groups in total. The Balaban J connectivity index is 2.52. The van der Waals surface area contributed by atoms with Crippen molar-refractivity contribution in [2.24, 2.45) is 5.92 Å². The first-order chi connectivity index (χ1) is 5.43. The van der Waals surface area contributed by atoms with Crippen molar-refractivity contribution in [2.45, 2.75) is 45.8 Å². The van der Waals surface area contributed by atoms with Gasteiger partial charge in [0.05, 0.1) is 5.60 Å². The van der Waals surface area contributed by atoms with Crippen LogP contribution in [0.3, 0.4) is 0 Å². The number of aliphatic hydroxyl groups is 1. The highest BCUT2D eigenvalue weighted by Gasteiger charge is 2.34. The molecule has 0 unspecified atom stereocenters. The number of nitrogens with zero attached hydrogens (tertiary/aromatic N) is 1. The van der Waals surface area contributed by atoms with E-state index in [0.717, 1.165) is 19.5 Å². The second-order valence-electron chi connectivity index (χ2n) is 4.60. The smallest absolute Gasteiger partial charge is 0.0669 e. The van der Waals surface area contributed by atoms with Crippen molar-refractivity contribution in [3.63, 3.8) is 0 Å². The zero-order chi connectivity index (χ0) is 9.35. The lowest BCUT2D eigenvalue weighted by atomic mass is 9.83. The van der Waals surface area contributed by atoms with Crippen LogP contribution in [0.1, 0.15) is 34.1 Å². The van der Waals surface area contributed by atoms with Crippen LogP contribution in [0.2, 0.25) is 0 Å². The second kappa shape index (κ2) is 3.35. The molecule has 1 saturated heterocycles. The Morgan fingerprint density at radius 2 is 2.08 bits per heavy atom. The molecule has 0 aromatic carbocycles. The lowest BCUT2D eigenvalue weighted by molar-refractivity contribution is -0.0569. The molecule has 0 aromatic heterocycles. The predicted octanol–water partition coefficient (Wildman–Crippen LogP) is 1.49. The van der Waals surface area contributed by atoms with Crippen LogP contribution in [0.4, 0.5) is 0 Å². The standard InChI is InChI=1S/C10H21NO/c1-8(2)11-6-5-10(4,12)9(3)7-11/h8-9,12H,5-7H2,1-4H3/t9-,10+/m1/s1. The molecule has 0 amide bonds. The lowest BCUT2D eigenvalue weighted by Crippen LogP contribution is -2.50. The van der Waals surface area contributed by atoms with Gasteiger partial charge in [-0.25, -0.2) is 0 Å². The van der Waals surface area contributed by atoms with Crippen molar-refractivity contribution < 1.29 is 5.11 Å². The van der Waals surface area contributed by atoms with E-state index in [9.17, 15) is 5.11 Å². The number of hydrogen-bond donors (Lipinski definition) is 1. The number of likely N-dealkylation sites (tertiary alicyclic amines) is 1. The molecular weight excluding hydrogens is 150 g/mol. The number of hydrogen-bond acceptors (Lipinski definition) is 2. The Morgan fingerprint density at radius 1 is 1.50 bits per heavy atom. The largest absolute Gasteiger partial charge is 0.390 e. The summed E-state index contributed by atoms with van der Waals surface area (Å²) in [5.74, 6) is 0.397. The molecule has 2 heteroatoms. The van der Waals surface area contributed by atoms with Gasteiger partial charge in [0.2, 0.25) is 0 Å². The summed E-state index contributed by atoms with van der Waals surface area (Å²) in [6.07, 6.45) is 0.909. The van der Waals surface area contributed by atoms with Crippen LogP contribution in [-0.4, -0.2) is 34.7 Å². The maximum atomic E-state index is 9.92. The molecule has 0 aliphatic carbocycles. The Morgan fingerprint density at radius 3 is 2.50 bits per heavy atom. The third-order valence-corrected chi connectivity index (χ3v) is 3.21. The van der Waals surface area contributed by atoms with E-state index in [-0.39, 0.29) is 0 Å². The van der Waals surface area contributed by atoms with E-state index in [2.05, 4.69) is 25.7 Å². The molecule has 1 aliphatic heterocycles. The Kier molecular flexibility index (Phi) is 2.79. The molecule has 0 radical (unpaired) electrons. The maximum absolute atomic E-state index is 9.92. The molecule has 1 rings (SSSR count). The van der Waals surface area contributed by atoms with Crippen LogP contribution in [0.15, 0.2) is 0 Å². The minimum absolute atomic E-state index is 0.397. The highest BCUT2D eigenvalue weighted by atomic mass is 16.3.